The molecular weight excluding hydrogens is 330 g/mol. The van der Waals surface area contributed by atoms with Gasteiger partial charge >= 0.3 is 6.18 Å². The Hall–Kier alpha value is -2.71. The molecule has 0 N–H and O–H groups in total. The van der Waals surface area contributed by atoms with Gasteiger partial charge in [0.1, 0.15) is 23.4 Å². The van der Waals surface area contributed by atoms with E-state index in [1.807, 2.05) is 0 Å². The maximum atomic E-state index is 13.1. The van der Waals surface area contributed by atoms with Crippen LogP contribution in [-0.2, 0) is 6.18 Å². The number of amides is 1. The van der Waals surface area contributed by atoms with Gasteiger partial charge < -0.3 is 9.64 Å². The molecule has 3 heterocycles. The molecule has 126 valence electrons. The number of carbonyl (C=O) groups excluding carboxylic acids is 1. The quantitative estimate of drug-likeness (QED) is 0.805. The summed E-state index contributed by atoms with van der Waals surface area (Å²) in [5.41, 5.74) is -0.935. The van der Waals surface area contributed by atoms with Gasteiger partial charge in [0.05, 0.1) is 24.8 Å². The largest absolute Gasteiger partial charge is 0.487 e. The van der Waals surface area contributed by atoms with Gasteiger partial charge in [-0.1, -0.05) is 0 Å². The highest BCUT2D eigenvalue weighted by atomic mass is 19.4. The molecule has 0 aliphatic carbocycles. The molecule has 0 bridgehead atoms. The summed E-state index contributed by atoms with van der Waals surface area (Å²) in [6.07, 6.45) is -1.74. The molecule has 9 heteroatoms. The fourth-order valence-electron chi connectivity index (χ4n) is 2.22. The lowest BCUT2D eigenvalue weighted by Gasteiger charge is -2.39. The number of likely N-dealkylation sites (tertiary alicyclic amines) is 1. The van der Waals surface area contributed by atoms with Gasteiger partial charge in [0.15, 0.2) is 0 Å². The minimum absolute atomic E-state index is 0.0295. The van der Waals surface area contributed by atoms with Crippen LogP contribution in [0.5, 0.6) is 5.75 Å². The average Bonchev–Trinajstić information content (AvgIpc) is 2.49. The van der Waals surface area contributed by atoms with Crippen molar-refractivity contribution in [3.63, 3.8) is 0 Å². The first-order valence-corrected chi connectivity index (χ1v) is 6.92. The highest BCUT2D eigenvalue weighted by molar-refractivity contribution is 5.94. The van der Waals surface area contributed by atoms with Crippen molar-refractivity contribution in [2.75, 3.05) is 13.1 Å². The second-order valence-corrected chi connectivity index (χ2v) is 5.22. The van der Waals surface area contributed by atoms with E-state index >= 15 is 0 Å². The minimum Gasteiger partial charge on any atom is -0.487 e. The van der Waals surface area contributed by atoms with E-state index in [0.717, 1.165) is 24.5 Å². The lowest BCUT2D eigenvalue weighted by Crippen LogP contribution is -2.56. The van der Waals surface area contributed by atoms with E-state index in [0.29, 0.717) is 0 Å². The molecule has 1 saturated heterocycles. The summed E-state index contributed by atoms with van der Waals surface area (Å²) < 4.78 is 56.2. The van der Waals surface area contributed by atoms with Crippen LogP contribution in [0.3, 0.4) is 0 Å². The van der Waals surface area contributed by atoms with Crippen LogP contribution >= 0.6 is 0 Å². The number of carbonyl (C=O) groups is 1. The molecular formula is C15H11F4N3O2. The molecule has 1 aliphatic heterocycles. The number of halogens is 4. The molecule has 2 aromatic rings. The van der Waals surface area contributed by atoms with E-state index in [1.54, 1.807) is 0 Å². The van der Waals surface area contributed by atoms with Crippen LogP contribution in [0.1, 0.15) is 16.1 Å². The Morgan fingerprint density at radius 3 is 2.67 bits per heavy atom. The SMILES string of the molecule is O=C(c1cncc(F)c1)N1CC(Oc2ccnc(C(F)(F)F)c2)C1. The van der Waals surface area contributed by atoms with Gasteiger partial charge in [-0.25, -0.2) is 4.39 Å². The third kappa shape index (κ3) is 3.44. The van der Waals surface area contributed by atoms with E-state index in [4.69, 9.17) is 4.74 Å². The van der Waals surface area contributed by atoms with Crippen molar-refractivity contribution in [1.29, 1.82) is 0 Å². The van der Waals surface area contributed by atoms with Gasteiger partial charge in [-0.2, -0.15) is 13.2 Å². The van der Waals surface area contributed by atoms with Crippen LogP contribution in [0.2, 0.25) is 0 Å². The number of ether oxygens (including phenoxy) is 1. The van der Waals surface area contributed by atoms with E-state index in [1.165, 1.54) is 17.2 Å². The molecule has 1 fully saturated rings. The molecule has 0 spiro atoms. The second-order valence-electron chi connectivity index (χ2n) is 5.22. The summed E-state index contributed by atoms with van der Waals surface area (Å²) in [5.74, 6) is -1.000. The minimum atomic E-state index is -4.55. The van der Waals surface area contributed by atoms with Crippen molar-refractivity contribution in [1.82, 2.24) is 14.9 Å². The maximum absolute atomic E-state index is 13.1. The van der Waals surface area contributed by atoms with Crippen molar-refractivity contribution in [3.8, 4) is 5.75 Å². The standard InChI is InChI=1S/C15H11F4N3O2/c16-10-3-9(5-20-6-10)14(23)22-7-12(8-22)24-11-1-2-21-13(4-11)15(17,18)19/h1-6,12H,7-8H2. The Bertz CT molecular complexity index is 760. The molecule has 0 radical (unpaired) electrons. The van der Waals surface area contributed by atoms with Crippen molar-refractivity contribution in [2.45, 2.75) is 12.3 Å². The van der Waals surface area contributed by atoms with Crippen LogP contribution < -0.4 is 4.74 Å². The maximum Gasteiger partial charge on any atom is 0.433 e. The zero-order chi connectivity index (χ0) is 17.3. The monoisotopic (exact) mass is 341 g/mol. The van der Waals surface area contributed by atoms with E-state index < -0.39 is 29.7 Å². The lowest BCUT2D eigenvalue weighted by atomic mass is 10.1. The van der Waals surface area contributed by atoms with Crippen LogP contribution in [0, 0.1) is 5.82 Å². The summed E-state index contributed by atoms with van der Waals surface area (Å²) in [6, 6.07) is 3.19. The molecule has 0 atom stereocenters. The summed E-state index contributed by atoms with van der Waals surface area (Å²) in [4.78, 5) is 20.3. The number of hydrogen-bond acceptors (Lipinski definition) is 4. The first-order chi connectivity index (χ1) is 11.3. The first kappa shape index (κ1) is 16.2. The van der Waals surface area contributed by atoms with Gasteiger partial charge in [0.2, 0.25) is 0 Å². The topological polar surface area (TPSA) is 55.3 Å². The molecule has 2 aromatic heterocycles. The predicted octanol–water partition coefficient (Wildman–Crippen LogP) is 2.54. The molecule has 24 heavy (non-hydrogen) atoms. The summed E-state index contributed by atoms with van der Waals surface area (Å²) >= 11 is 0. The average molecular weight is 341 g/mol. The lowest BCUT2D eigenvalue weighted by molar-refractivity contribution is -0.141. The molecule has 0 unspecified atom stereocenters. The molecule has 3 rings (SSSR count). The van der Waals surface area contributed by atoms with Crippen molar-refractivity contribution in [2.24, 2.45) is 0 Å². The van der Waals surface area contributed by atoms with E-state index in [-0.39, 0.29) is 24.4 Å². The highest BCUT2D eigenvalue weighted by Crippen LogP contribution is 2.30. The first-order valence-electron chi connectivity index (χ1n) is 6.92. The van der Waals surface area contributed by atoms with Crippen molar-refractivity contribution >= 4 is 5.91 Å². The normalized spacial score (nSPS) is 15.1. The number of nitrogens with zero attached hydrogens (tertiary/aromatic N) is 3. The van der Waals surface area contributed by atoms with Gasteiger partial charge in [-0.05, 0) is 12.1 Å². The predicted molar refractivity (Wildman–Crippen MR) is 73.8 cm³/mol. The number of alkyl halides is 3. The molecule has 0 aromatic carbocycles. The van der Waals surface area contributed by atoms with E-state index in [2.05, 4.69) is 9.97 Å². The molecule has 1 aliphatic rings. The van der Waals surface area contributed by atoms with Gasteiger partial charge in [0, 0.05) is 18.5 Å². The van der Waals surface area contributed by atoms with Crippen molar-refractivity contribution < 1.29 is 27.1 Å². The smallest absolute Gasteiger partial charge is 0.433 e. The molecule has 5 nitrogen and oxygen atoms in total. The van der Waals surface area contributed by atoms with Gasteiger partial charge in [-0.3, -0.25) is 14.8 Å². The highest BCUT2D eigenvalue weighted by Gasteiger charge is 2.35. The Morgan fingerprint density at radius 2 is 2.00 bits per heavy atom. The molecule has 1 amide bonds. The van der Waals surface area contributed by atoms with Crippen molar-refractivity contribution in [3.05, 3.63) is 53.9 Å². The zero-order valence-corrected chi connectivity index (χ0v) is 12.1. The van der Waals surface area contributed by atoms with E-state index in [9.17, 15) is 22.4 Å². The number of pyridine rings is 2. The Kier molecular flexibility index (Phi) is 4.08. The number of rotatable bonds is 3. The number of hydrogen-bond donors (Lipinski definition) is 0. The Morgan fingerprint density at radius 1 is 1.25 bits per heavy atom. The Balaban J connectivity index is 1.59. The zero-order valence-electron chi connectivity index (χ0n) is 12.1. The molecule has 0 saturated carbocycles. The van der Waals surface area contributed by atoms with Crippen LogP contribution in [0.15, 0.2) is 36.8 Å². The summed E-state index contributed by atoms with van der Waals surface area (Å²) in [6.45, 7) is 0.387. The second kappa shape index (κ2) is 6.06. The summed E-state index contributed by atoms with van der Waals surface area (Å²) in [5, 5.41) is 0. The van der Waals surface area contributed by atoms with Gasteiger partial charge in [0.25, 0.3) is 5.91 Å². The Labute approximate surface area is 133 Å². The van der Waals surface area contributed by atoms with Crippen LogP contribution in [-0.4, -0.2) is 40.0 Å². The fraction of sp³-hybridized carbons (Fsp3) is 0.267. The van der Waals surface area contributed by atoms with Crippen LogP contribution in [0.4, 0.5) is 17.6 Å². The third-order valence-corrected chi connectivity index (χ3v) is 3.41. The summed E-state index contributed by atoms with van der Waals surface area (Å²) in [7, 11) is 0. The fourth-order valence-corrected chi connectivity index (χ4v) is 2.22. The third-order valence-electron chi connectivity index (χ3n) is 3.41. The van der Waals surface area contributed by atoms with Crippen LogP contribution in [0.25, 0.3) is 0 Å². The van der Waals surface area contributed by atoms with Gasteiger partial charge in [-0.15, -0.1) is 0 Å². The number of aromatic nitrogens is 2.